The molecule has 0 heterocycles. The quantitative estimate of drug-likeness (QED) is 0.0222. The van der Waals surface area contributed by atoms with Crippen LogP contribution in [0.3, 0.4) is 0 Å². The predicted octanol–water partition coefficient (Wildman–Crippen LogP) is 21.9. The van der Waals surface area contributed by atoms with E-state index >= 15 is 0 Å². The third kappa shape index (κ3) is 68.6. The minimum atomic E-state index is -4.96. The average molecular weight is 1380 g/mol. The summed E-state index contributed by atoms with van der Waals surface area (Å²) >= 11 is 0. The highest BCUT2D eigenvalue weighted by atomic mass is 31.2. The van der Waals surface area contributed by atoms with Crippen LogP contribution in [-0.4, -0.2) is 96.7 Å². The molecule has 0 fully saturated rings. The highest BCUT2D eigenvalue weighted by Crippen LogP contribution is 2.45. The minimum Gasteiger partial charge on any atom is -0.462 e. The van der Waals surface area contributed by atoms with E-state index in [1.165, 1.54) is 205 Å². The lowest BCUT2D eigenvalue weighted by Crippen LogP contribution is -2.30. The van der Waals surface area contributed by atoms with Crippen LogP contribution < -0.4 is 0 Å². The molecule has 0 aliphatic rings. The van der Waals surface area contributed by atoms with Crippen LogP contribution in [0.25, 0.3) is 0 Å². The summed E-state index contributed by atoms with van der Waals surface area (Å²) in [5, 5.41) is 10.6. The summed E-state index contributed by atoms with van der Waals surface area (Å²) < 4.78 is 68.5. The van der Waals surface area contributed by atoms with Crippen molar-refractivity contribution in [1.82, 2.24) is 0 Å². The van der Waals surface area contributed by atoms with Gasteiger partial charge in [-0.2, -0.15) is 0 Å². The van der Waals surface area contributed by atoms with Gasteiger partial charge in [0.15, 0.2) is 12.2 Å². The Morgan fingerprint density at radius 1 is 0.287 bits per heavy atom. The highest BCUT2D eigenvalue weighted by molar-refractivity contribution is 7.47. The van der Waals surface area contributed by atoms with E-state index < -0.39 is 97.5 Å². The lowest BCUT2D eigenvalue weighted by molar-refractivity contribution is -0.161. The zero-order chi connectivity index (χ0) is 69.3. The van der Waals surface area contributed by atoms with Crippen LogP contribution in [0.15, 0.2) is 0 Å². The molecule has 0 bridgehead atoms. The second kappa shape index (κ2) is 66.9. The summed E-state index contributed by atoms with van der Waals surface area (Å²) in [6.07, 6.45) is 53.9. The van der Waals surface area contributed by atoms with Gasteiger partial charge in [-0.25, -0.2) is 9.13 Å². The van der Waals surface area contributed by atoms with E-state index in [0.717, 1.165) is 102 Å². The van der Waals surface area contributed by atoms with Gasteiger partial charge >= 0.3 is 39.5 Å². The molecular formula is C75H146O17P2. The smallest absolute Gasteiger partial charge is 0.462 e. The van der Waals surface area contributed by atoms with Gasteiger partial charge in [-0.15, -0.1) is 0 Å². The number of esters is 4. The van der Waals surface area contributed by atoms with Crippen molar-refractivity contribution < 1.29 is 80.2 Å². The van der Waals surface area contributed by atoms with E-state index in [1.54, 1.807) is 0 Å². The molecule has 0 amide bonds. The molecule has 2 unspecified atom stereocenters. The zero-order valence-electron chi connectivity index (χ0n) is 61.3. The van der Waals surface area contributed by atoms with Crippen molar-refractivity contribution in [3.05, 3.63) is 0 Å². The lowest BCUT2D eigenvalue weighted by atomic mass is 10.0. The summed E-state index contributed by atoms with van der Waals surface area (Å²) in [6.45, 7) is 9.60. The molecule has 0 saturated carbocycles. The van der Waals surface area contributed by atoms with Crippen LogP contribution in [0.2, 0.25) is 0 Å². The standard InChI is InChI=1S/C75H146O17P2/c1-7-9-11-13-15-17-19-21-22-27-34-40-46-52-58-73(78)86-63-70(91-74(79)59-53-47-41-35-28-24-23-25-31-37-43-49-55-67(3)4)65-89-93(81,82)87-61-69(76)62-88-94(83,84)90-66-71(64-85-72(77)57-51-45-39-33-26-20-18-16-14-12-10-8-2)92-75(80)60-54-48-42-36-30-29-32-38-44-50-56-68(5)6/h67-71,76H,7-66H2,1-6H3,(H,81,82)(H,83,84)/t69-,70-,71-/m1/s1. The summed E-state index contributed by atoms with van der Waals surface area (Å²) in [4.78, 5) is 72.8. The predicted molar refractivity (Wildman–Crippen MR) is 381 cm³/mol. The van der Waals surface area contributed by atoms with Crippen LogP contribution in [0.5, 0.6) is 0 Å². The molecule has 19 heteroatoms. The number of aliphatic hydroxyl groups is 1. The Balaban J connectivity index is 5.27. The van der Waals surface area contributed by atoms with Gasteiger partial charge < -0.3 is 33.8 Å². The molecule has 17 nitrogen and oxygen atoms in total. The van der Waals surface area contributed by atoms with Crippen molar-refractivity contribution in [2.45, 2.75) is 407 Å². The van der Waals surface area contributed by atoms with Crippen molar-refractivity contribution in [2.75, 3.05) is 39.6 Å². The number of rotatable bonds is 74. The van der Waals surface area contributed by atoms with Crippen LogP contribution in [0.1, 0.15) is 388 Å². The molecule has 0 aliphatic heterocycles. The number of aliphatic hydroxyl groups excluding tert-OH is 1. The number of hydrogen-bond donors (Lipinski definition) is 3. The van der Waals surface area contributed by atoms with Gasteiger partial charge in [-0.05, 0) is 37.5 Å². The Morgan fingerprint density at radius 2 is 0.489 bits per heavy atom. The molecule has 0 aromatic carbocycles. The highest BCUT2D eigenvalue weighted by Gasteiger charge is 2.30. The molecular weight excluding hydrogens is 1230 g/mol. The maximum Gasteiger partial charge on any atom is 0.472 e. The molecule has 0 rings (SSSR count). The second-order valence-corrected chi connectivity index (χ2v) is 30.9. The molecule has 3 N–H and O–H groups in total. The fourth-order valence-corrected chi connectivity index (χ4v) is 13.1. The summed E-state index contributed by atoms with van der Waals surface area (Å²) in [7, 11) is -9.91. The van der Waals surface area contributed by atoms with Crippen molar-refractivity contribution >= 4 is 39.5 Å². The Morgan fingerprint density at radius 3 is 0.723 bits per heavy atom. The van der Waals surface area contributed by atoms with Gasteiger partial charge in [0.25, 0.3) is 0 Å². The van der Waals surface area contributed by atoms with Gasteiger partial charge in [0.2, 0.25) is 0 Å². The number of carbonyl (C=O) groups excluding carboxylic acids is 4. The Bertz CT molecular complexity index is 1820. The third-order valence-electron chi connectivity index (χ3n) is 17.5. The number of phosphoric ester groups is 2. The zero-order valence-corrected chi connectivity index (χ0v) is 63.1. The van der Waals surface area contributed by atoms with Crippen molar-refractivity contribution in [3.8, 4) is 0 Å². The fraction of sp³-hybridized carbons (Fsp3) is 0.947. The Hall–Kier alpha value is -1.94. The molecule has 0 saturated heterocycles. The average Bonchev–Trinajstić information content (AvgIpc) is 1.98. The van der Waals surface area contributed by atoms with Gasteiger partial charge in [0.1, 0.15) is 19.3 Å². The van der Waals surface area contributed by atoms with Gasteiger partial charge in [0.05, 0.1) is 26.4 Å². The lowest BCUT2D eigenvalue weighted by Gasteiger charge is -2.21. The van der Waals surface area contributed by atoms with Crippen molar-refractivity contribution in [1.29, 1.82) is 0 Å². The maximum absolute atomic E-state index is 13.1. The summed E-state index contributed by atoms with van der Waals surface area (Å²) in [5.74, 6) is -0.586. The third-order valence-corrected chi connectivity index (χ3v) is 19.4. The van der Waals surface area contributed by atoms with Crippen molar-refractivity contribution in [3.63, 3.8) is 0 Å². The first-order chi connectivity index (χ1) is 45.4. The Labute approximate surface area is 575 Å². The number of unbranched alkanes of at least 4 members (excludes halogenated alkanes) is 44. The molecule has 0 aliphatic carbocycles. The number of phosphoric acid groups is 2. The molecule has 0 radical (unpaired) electrons. The largest absolute Gasteiger partial charge is 0.472 e. The topological polar surface area (TPSA) is 237 Å². The number of ether oxygens (including phenoxy) is 4. The normalized spacial score (nSPS) is 14.0. The number of hydrogen-bond acceptors (Lipinski definition) is 15. The molecule has 94 heavy (non-hydrogen) atoms. The van der Waals surface area contributed by atoms with E-state index in [0.29, 0.717) is 25.7 Å². The summed E-state index contributed by atoms with van der Waals surface area (Å²) in [6, 6.07) is 0. The Kier molecular flexibility index (Phi) is 65.5. The maximum atomic E-state index is 13.1. The fourth-order valence-electron chi connectivity index (χ4n) is 11.5. The van der Waals surface area contributed by atoms with Crippen LogP contribution in [0, 0.1) is 11.8 Å². The first kappa shape index (κ1) is 92.1. The molecule has 0 aromatic rings. The van der Waals surface area contributed by atoms with E-state index in [-0.39, 0.29) is 25.7 Å². The summed E-state index contributed by atoms with van der Waals surface area (Å²) in [5.41, 5.74) is 0. The van der Waals surface area contributed by atoms with Gasteiger partial charge in [-0.3, -0.25) is 37.3 Å². The van der Waals surface area contributed by atoms with Crippen molar-refractivity contribution in [2.24, 2.45) is 11.8 Å². The first-order valence-electron chi connectivity index (χ1n) is 39.0. The van der Waals surface area contributed by atoms with Crippen LogP contribution in [0.4, 0.5) is 0 Å². The first-order valence-corrected chi connectivity index (χ1v) is 42.0. The SMILES string of the molecule is CCCCCCCCCCCCCCCCC(=O)OC[C@H](COP(=O)(O)OC[C@@H](O)COP(=O)(O)OC[C@@H](COC(=O)CCCCCCCCCCCCCC)OC(=O)CCCCCCCCCCCCC(C)C)OC(=O)CCCCCCCCCCCCCCC(C)C. The van der Waals surface area contributed by atoms with Crippen LogP contribution >= 0.6 is 15.6 Å². The second-order valence-electron chi connectivity index (χ2n) is 28.0. The molecule has 0 aromatic heterocycles. The van der Waals surface area contributed by atoms with E-state index in [2.05, 4.69) is 41.5 Å². The monoisotopic (exact) mass is 1380 g/mol. The van der Waals surface area contributed by atoms with Gasteiger partial charge in [0, 0.05) is 25.7 Å². The number of carbonyl (C=O) groups is 4. The van der Waals surface area contributed by atoms with E-state index in [1.807, 2.05) is 0 Å². The van der Waals surface area contributed by atoms with E-state index in [4.69, 9.17) is 37.0 Å². The van der Waals surface area contributed by atoms with E-state index in [9.17, 15) is 43.2 Å². The van der Waals surface area contributed by atoms with Gasteiger partial charge in [-0.1, -0.05) is 337 Å². The minimum absolute atomic E-state index is 0.106. The molecule has 558 valence electrons. The van der Waals surface area contributed by atoms with Crippen LogP contribution in [-0.2, 0) is 65.4 Å². The molecule has 0 spiro atoms. The molecule has 5 atom stereocenters.